The van der Waals surface area contributed by atoms with Crippen molar-refractivity contribution >= 4 is 10.8 Å². The molecule has 0 amide bonds. The zero-order chi connectivity index (χ0) is 22.8. The third kappa shape index (κ3) is 4.36. The zero-order valence-electron chi connectivity index (χ0n) is 17.1. The molecule has 0 spiro atoms. The van der Waals surface area contributed by atoms with Crippen LogP contribution in [0.25, 0.3) is 21.9 Å². The summed E-state index contributed by atoms with van der Waals surface area (Å²) in [5, 5.41) is 0.923. The van der Waals surface area contributed by atoms with E-state index in [1.54, 1.807) is 18.2 Å². The zero-order valence-corrected chi connectivity index (χ0v) is 17.1. The Morgan fingerprint density at radius 1 is 0.625 bits per heavy atom. The van der Waals surface area contributed by atoms with Gasteiger partial charge in [0.25, 0.3) is 0 Å². The minimum Gasteiger partial charge on any atom is -0.206 e. The predicted octanol–water partition coefficient (Wildman–Crippen LogP) is 7.55. The normalized spacial score (nSPS) is 10.8. The lowest BCUT2D eigenvalue weighted by Gasteiger charge is -2.07. The Morgan fingerprint density at radius 3 is 1.97 bits per heavy atom. The molecule has 5 heteroatoms. The molecular formula is C27H17F5. The molecule has 0 nitrogen and oxygen atoms in total. The first-order valence-corrected chi connectivity index (χ1v) is 10.0. The standard InChI is InChI=1S/C27H17F5/c1-2-3-17-11-24(29)22(25(30)12-17)9-5-16-4-8-21(23(28)10-16)19-7-6-18-14-26(31)27(32)15-20(18)13-19/h4,6-8,10-15H,2-3H2,1H3. The Kier molecular flexibility index (Phi) is 5.96. The molecule has 0 N–H and O–H groups in total. The van der Waals surface area contributed by atoms with Gasteiger partial charge in [-0.1, -0.05) is 43.4 Å². The number of hydrogen-bond donors (Lipinski definition) is 0. The van der Waals surface area contributed by atoms with Crippen molar-refractivity contribution in [2.45, 2.75) is 19.8 Å². The van der Waals surface area contributed by atoms with Gasteiger partial charge in [0.2, 0.25) is 0 Å². The average Bonchev–Trinajstić information content (AvgIpc) is 2.74. The van der Waals surface area contributed by atoms with Crippen molar-refractivity contribution in [1.29, 1.82) is 0 Å². The smallest absolute Gasteiger partial charge is 0.159 e. The van der Waals surface area contributed by atoms with Gasteiger partial charge in [0.1, 0.15) is 17.5 Å². The van der Waals surface area contributed by atoms with E-state index in [1.807, 2.05) is 6.92 Å². The molecule has 4 aromatic rings. The van der Waals surface area contributed by atoms with E-state index < -0.39 is 29.1 Å². The molecule has 0 aliphatic heterocycles. The van der Waals surface area contributed by atoms with Crippen LogP contribution >= 0.6 is 0 Å². The van der Waals surface area contributed by atoms with Crippen LogP contribution in [0.2, 0.25) is 0 Å². The van der Waals surface area contributed by atoms with Crippen molar-refractivity contribution in [1.82, 2.24) is 0 Å². The van der Waals surface area contributed by atoms with Crippen LogP contribution in [-0.4, -0.2) is 0 Å². The summed E-state index contributed by atoms with van der Waals surface area (Å²) >= 11 is 0. The predicted molar refractivity (Wildman–Crippen MR) is 116 cm³/mol. The molecule has 0 bridgehead atoms. The highest BCUT2D eigenvalue weighted by Crippen LogP contribution is 2.28. The lowest BCUT2D eigenvalue weighted by molar-refractivity contribution is 0.511. The van der Waals surface area contributed by atoms with Crippen molar-refractivity contribution in [2.75, 3.05) is 0 Å². The first kappa shape index (κ1) is 21.6. The number of hydrogen-bond acceptors (Lipinski definition) is 0. The molecular weight excluding hydrogens is 419 g/mol. The van der Waals surface area contributed by atoms with Crippen molar-refractivity contribution in [2.24, 2.45) is 0 Å². The van der Waals surface area contributed by atoms with E-state index in [0.717, 1.165) is 18.6 Å². The quantitative estimate of drug-likeness (QED) is 0.230. The van der Waals surface area contributed by atoms with Crippen LogP contribution in [0.15, 0.2) is 60.7 Å². The molecule has 4 aromatic carbocycles. The molecule has 0 radical (unpaired) electrons. The third-order valence-electron chi connectivity index (χ3n) is 5.13. The SMILES string of the molecule is CCCc1cc(F)c(C#Cc2ccc(-c3ccc4cc(F)c(F)cc4c3)c(F)c2)c(F)c1. The van der Waals surface area contributed by atoms with Crippen LogP contribution in [0.3, 0.4) is 0 Å². The van der Waals surface area contributed by atoms with Gasteiger partial charge in [-0.25, -0.2) is 22.0 Å². The minimum atomic E-state index is -0.983. The van der Waals surface area contributed by atoms with Crippen molar-refractivity contribution in [3.05, 3.63) is 106 Å². The third-order valence-corrected chi connectivity index (χ3v) is 5.13. The summed E-state index contributed by atoms with van der Waals surface area (Å²) in [6, 6.07) is 13.6. The minimum absolute atomic E-state index is 0.239. The van der Waals surface area contributed by atoms with Gasteiger partial charge in [-0.05, 0) is 70.8 Å². The van der Waals surface area contributed by atoms with Gasteiger partial charge in [0.15, 0.2) is 11.6 Å². The van der Waals surface area contributed by atoms with E-state index in [0.29, 0.717) is 28.3 Å². The average molecular weight is 436 g/mol. The molecule has 0 saturated heterocycles. The maximum absolute atomic E-state index is 14.8. The molecule has 0 heterocycles. The second kappa shape index (κ2) is 8.84. The maximum Gasteiger partial charge on any atom is 0.159 e. The van der Waals surface area contributed by atoms with E-state index >= 15 is 0 Å². The lowest BCUT2D eigenvalue weighted by atomic mass is 9.99. The number of benzene rings is 4. The number of aryl methyl sites for hydroxylation is 1. The van der Waals surface area contributed by atoms with Gasteiger partial charge in [0, 0.05) is 11.1 Å². The Morgan fingerprint density at radius 2 is 1.31 bits per heavy atom. The summed E-state index contributed by atoms with van der Waals surface area (Å²) < 4.78 is 70.1. The molecule has 0 saturated carbocycles. The van der Waals surface area contributed by atoms with Crippen LogP contribution in [0.5, 0.6) is 0 Å². The first-order valence-electron chi connectivity index (χ1n) is 10.0. The summed E-state index contributed by atoms with van der Waals surface area (Å²) in [6.45, 7) is 1.91. The van der Waals surface area contributed by atoms with Crippen LogP contribution < -0.4 is 0 Å². The molecule has 0 atom stereocenters. The summed E-state index contributed by atoms with van der Waals surface area (Å²) in [7, 11) is 0. The van der Waals surface area contributed by atoms with E-state index in [1.165, 1.54) is 30.3 Å². The fourth-order valence-electron chi connectivity index (χ4n) is 3.55. The molecule has 160 valence electrons. The highest BCUT2D eigenvalue weighted by Gasteiger charge is 2.11. The van der Waals surface area contributed by atoms with Crippen molar-refractivity contribution in [3.63, 3.8) is 0 Å². The van der Waals surface area contributed by atoms with Crippen LogP contribution in [0.1, 0.15) is 30.0 Å². The topological polar surface area (TPSA) is 0 Å². The van der Waals surface area contributed by atoms with Crippen LogP contribution in [0, 0.1) is 40.9 Å². The van der Waals surface area contributed by atoms with Gasteiger partial charge in [-0.2, -0.15) is 0 Å². The fourth-order valence-corrected chi connectivity index (χ4v) is 3.55. The van der Waals surface area contributed by atoms with Crippen molar-refractivity contribution < 1.29 is 22.0 Å². The van der Waals surface area contributed by atoms with Crippen LogP contribution in [0.4, 0.5) is 22.0 Å². The van der Waals surface area contributed by atoms with E-state index in [2.05, 4.69) is 11.8 Å². The van der Waals surface area contributed by atoms with Crippen LogP contribution in [-0.2, 0) is 6.42 Å². The van der Waals surface area contributed by atoms with E-state index in [-0.39, 0.29) is 16.7 Å². The Balaban J connectivity index is 1.66. The highest BCUT2D eigenvalue weighted by atomic mass is 19.2. The molecule has 0 aliphatic rings. The van der Waals surface area contributed by atoms with Gasteiger partial charge in [-0.15, -0.1) is 0 Å². The first-order chi connectivity index (χ1) is 15.4. The fraction of sp³-hybridized carbons (Fsp3) is 0.111. The number of fused-ring (bicyclic) bond motifs is 1. The number of rotatable bonds is 3. The van der Waals surface area contributed by atoms with Gasteiger partial charge >= 0.3 is 0 Å². The van der Waals surface area contributed by atoms with Gasteiger partial charge in [0.05, 0.1) is 5.56 Å². The largest absolute Gasteiger partial charge is 0.206 e. The summed E-state index contributed by atoms with van der Waals surface area (Å²) in [5.41, 5.74) is 1.16. The van der Waals surface area contributed by atoms with E-state index in [4.69, 9.17) is 0 Å². The molecule has 4 rings (SSSR count). The lowest BCUT2D eigenvalue weighted by Crippen LogP contribution is -1.95. The molecule has 32 heavy (non-hydrogen) atoms. The highest BCUT2D eigenvalue weighted by molar-refractivity contribution is 5.87. The molecule has 0 fully saturated rings. The molecule has 0 aliphatic carbocycles. The monoisotopic (exact) mass is 436 g/mol. The second-order valence-corrected chi connectivity index (χ2v) is 7.46. The van der Waals surface area contributed by atoms with Gasteiger partial charge in [-0.3, -0.25) is 0 Å². The number of halogens is 5. The molecule has 0 aromatic heterocycles. The van der Waals surface area contributed by atoms with E-state index in [9.17, 15) is 22.0 Å². The van der Waals surface area contributed by atoms with Crippen molar-refractivity contribution in [3.8, 4) is 23.0 Å². The van der Waals surface area contributed by atoms with Gasteiger partial charge < -0.3 is 0 Å². The Bertz CT molecular complexity index is 1370. The molecule has 0 unspecified atom stereocenters. The summed E-state index contributed by atoms with van der Waals surface area (Å²) in [6.07, 6.45) is 1.32. The Hall–Kier alpha value is -3.65. The summed E-state index contributed by atoms with van der Waals surface area (Å²) in [5.74, 6) is 1.00. The maximum atomic E-state index is 14.8. The Labute approximate surface area is 182 Å². The second-order valence-electron chi connectivity index (χ2n) is 7.46. The summed E-state index contributed by atoms with van der Waals surface area (Å²) in [4.78, 5) is 0.